The number of hydrogen-bond donors (Lipinski definition) is 4. The fourth-order valence-electron chi connectivity index (χ4n) is 3.21. The van der Waals surface area contributed by atoms with Gasteiger partial charge in [-0.25, -0.2) is 4.79 Å². The lowest BCUT2D eigenvalue weighted by molar-refractivity contribution is -0.118. The average molecular weight is 359 g/mol. The second-order valence-electron chi connectivity index (χ2n) is 7.39. The molecule has 0 bridgehead atoms. The Morgan fingerprint density at radius 2 is 1.50 bits per heavy atom. The van der Waals surface area contributed by atoms with Crippen LogP contribution in [0, 0.1) is 0 Å². The van der Waals surface area contributed by atoms with Crippen LogP contribution in [0.25, 0.3) is 0 Å². The fourth-order valence-corrected chi connectivity index (χ4v) is 3.21. The number of amides is 2. The molecule has 0 aliphatic carbocycles. The number of carboxylic acids is 1. The van der Waals surface area contributed by atoms with E-state index in [-0.39, 0.29) is 35.7 Å². The summed E-state index contributed by atoms with van der Waals surface area (Å²) in [6.07, 6.45) is 1.91. The van der Waals surface area contributed by atoms with Crippen molar-refractivity contribution in [3.63, 3.8) is 0 Å². The van der Waals surface area contributed by atoms with Crippen molar-refractivity contribution in [2.75, 3.05) is 13.1 Å². The van der Waals surface area contributed by atoms with Crippen molar-refractivity contribution in [3.05, 3.63) is 47.0 Å². The summed E-state index contributed by atoms with van der Waals surface area (Å²) in [5, 5.41) is 17.9. The molecule has 2 rings (SSSR count). The molecule has 1 heterocycles. The van der Waals surface area contributed by atoms with E-state index in [0.717, 1.165) is 0 Å². The van der Waals surface area contributed by atoms with Crippen LogP contribution in [0.5, 0.6) is 0 Å². The molecule has 26 heavy (non-hydrogen) atoms. The van der Waals surface area contributed by atoms with Crippen LogP contribution in [0.3, 0.4) is 0 Å². The number of hydrogen-bond acceptors (Lipinski definition) is 4. The van der Waals surface area contributed by atoms with Gasteiger partial charge in [0.1, 0.15) is 0 Å². The highest BCUT2D eigenvalue weighted by atomic mass is 16.4. The maximum absolute atomic E-state index is 12.4. The summed E-state index contributed by atoms with van der Waals surface area (Å²) in [6, 6.07) is 6.00. The molecule has 140 valence electrons. The first-order valence-electron chi connectivity index (χ1n) is 8.45. The molecule has 7 heteroatoms. The van der Waals surface area contributed by atoms with Crippen molar-refractivity contribution < 1.29 is 19.5 Å². The van der Waals surface area contributed by atoms with Crippen LogP contribution in [0.15, 0.2) is 35.9 Å². The zero-order valence-corrected chi connectivity index (χ0v) is 15.5. The molecule has 7 nitrogen and oxygen atoms in total. The number of nitrogens with one attached hydrogen (secondary N) is 3. The van der Waals surface area contributed by atoms with Crippen molar-refractivity contribution >= 4 is 17.8 Å². The highest BCUT2D eigenvalue weighted by molar-refractivity contribution is 6.04. The van der Waals surface area contributed by atoms with Crippen LogP contribution in [0.4, 0.5) is 0 Å². The Kier molecular flexibility index (Phi) is 5.51. The minimum atomic E-state index is -1.16. The van der Waals surface area contributed by atoms with Gasteiger partial charge in [0.2, 0.25) is 5.91 Å². The SMILES string of the molecule is CC1(C)C=C(C(=O)NCCNC(=O)c2ccccc2C(=O)O)C(C)(C)N1. The molecule has 1 aliphatic rings. The third-order valence-corrected chi connectivity index (χ3v) is 4.16. The molecule has 1 aromatic rings. The van der Waals surface area contributed by atoms with Crippen molar-refractivity contribution in [3.8, 4) is 0 Å². The molecule has 0 fully saturated rings. The van der Waals surface area contributed by atoms with Gasteiger partial charge in [-0.3, -0.25) is 14.9 Å². The van der Waals surface area contributed by atoms with E-state index in [1.54, 1.807) is 12.1 Å². The number of carboxylic acid groups (broad SMARTS) is 1. The Morgan fingerprint density at radius 3 is 2.00 bits per heavy atom. The average Bonchev–Trinajstić information content (AvgIpc) is 2.78. The summed E-state index contributed by atoms with van der Waals surface area (Å²) in [5.41, 5.74) is 0.00418. The van der Waals surface area contributed by atoms with Gasteiger partial charge in [-0.15, -0.1) is 0 Å². The molecule has 0 atom stereocenters. The normalized spacial score (nSPS) is 17.3. The second-order valence-corrected chi connectivity index (χ2v) is 7.39. The molecule has 0 unspecified atom stereocenters. The summed E-state index contributed by atoms with van der Waals surface area (Å²) in [5.74, 6) is -1.83. The monoisotopic (exact) mass is 359 g/mol. The molecule has 0 spiro atoms. The minimum Gasteiger partial charge on any atom is -0.478 e. The summed E-state index contributed by atoms with van der Waals surface area (Å²) in [7, 11) is 0. The Labute approximate surface area is 152 Å². The van der Waals surface area contributed by atoms with Crippen LogP contribution < -0.4 is 16.0 Å². The van der Waals surface area contributed by atoms with Crippen LogP contribution in [0.2, 0.25) is 0 Å². The van der Waals surface area contributed by atoms with E-state index in [9.17, 15) is 14.4 Å². The first-order valence-corrected chi connectivity index (χ1v) is 8.45. The van der Waals surface area contributed by atoms with Gasteiger partial charge in [0.15, 0.2) is 0 Å². The largest absolute Gasteiger partial charge is 0.478 e. The smallest absolute Gasteiger partial charge is 0.336 e. The summed E-state index contributed by atoms with van der Waals surface area (Å²) in [6.45, 7) is 8.32. The molecular formula is C19H25N3O4. The lowest BCUT2D eigenvalue weighted by atomic mass is 9.96. The van der Waals surface area contributed by atoms with Crippen molar-refractivity contribution in [2.24, 2.45) is 0 Å². The van der Waals surface area contributed by atoms with Crippen LogP contribution >= 0.6 is 0 Å². The van der Waals surface area contributed by atoms with E-state index >= 15 is 0 Å². The maximum atomic E-state index is 12.4. The fraction of sp³-hybridized carbons (Fsp3) is 0.421. The van der Waals surface area contributed by atoms with Gasteiger partial charge >= 0.3 is 5.97 Å². The first-order chi connectivity index (χ1) is 12.0. The summed E-state index contributed by atoms with van der Waals surface area (Å²) < 4.78 is 0. The summed E-state index contributed by atoms with van der Waals surface area (Å²) >= 11 is 0. The highest BCUT2D eigenvalue weighted by Crippen LogP contribution is 2.29. The van der Waals surface area contributed by atoms with Crippen molar-refractivity contribution in [1.29, 1.82) is 0 Å². The Morgan fingerprint density at radius 1 is 0.962 bits per heavy atom. The molecular weight excluding hydrogens is 334 g/mol. The number of benzene rings is 1. The van der Waals surface area contributed by atoms with Crippen LogP contribution in [-0.2, 0) is 4.79 Å². The first kappa shape index (κ1) is 19.7. The van der Waals surface area contributed by atoms with Gasteiger partial charge in [-0.2, -0.15) is 0 Å². The maximum Gasteiger partial charge on any atom is 0.336 e. The van der Waals surface area contributed by atoms with Gasteiger partial charge in [0.25, 0.3) is 5.91 Å². The summed E-state index contributed by atoms with van der Waals surface area (Å²) in [4.78, 5) is 35.7. The number of rotatable bonds is 6. The molecule has 0 saturated carbocycles. The van der Waals surface area contributed by atoms with Gasteiger partial charge in [0, 0.05) is 29.7 Å². The van der Waals surface area contributed by atoms with Gasteiger partial charge < -0.3 is 15.7 Å². The van der Waals surface area contributed by atoms with Gasteiger partial charge in [0.05, 0.1) is 11.1 Å². The molecule has 0 saturated heterocycles. The lowest BCUT2D eigenvalue weighted by Gasteiger charge is -2.27. The Bertz CT molecular complexity index is 766. The van der Waals surface area contributed by atoms with E-state index in [2.05, 4.69) is 16.0 Å². The highest BCUT2D eigenvalue weighted by Gasteiger charge is 2.39. The molecule has 0 aromatic heterocycles. The third-order valence-electron chi connectivity index (χ3n) is 4.16. The third kappa shape index (κ3) is 4.49. The topological polar surface area (TPSA) is 108 Å². The number of carbonyl (C=O) groups excluding carboxylic acids is 2. The van der Waals surface area contributed by atoms with E-state index in [0.29, 0.717) is 5.57 Å². The van der Waals surface area contributed by atoms with Crippen LogP contribution in [-0.4, -0.2) is 47.1 Å². The Hall–Kier alpha value is -2.67. The van der Waals surface area contributed by atoms with E-state index in [4.69, 9.17) is 5.11 Å². The molecule has 0 radical (unpaired) electrons. The van der Waals surface area contributed by atoms with Crippen molar-refractivity contribution in [1.82, 2.24) is 16.0 Å². The zero-order chi connectivity index (χ0) is 19.5. The van der Waals surface area contributed by atoms with E-state index < -0.39 is 17.4 Å². The van der Waals surface area contributed by atoms with Gasteiger partial charge in [-0.1, -0.05) is 18.2 Å². The molecule has 1 aliphatic heterocycles. The standard InChI is InChI=1S/C19H25N3O4/c1-18(2)11-14(19(3,4)22-18)16(24)21-10-9-20-15(23)12-7-5-6-8-13(12)17(25)26/h5-8,11,22H,9-10H2,1-4H3,(H,20,23)(H,21,24)(H,25,26). The van der Waals surface area contributed by atoms with Gasteiger partial charge in [-0.05, 0) is 39.8 Å². The Balaban J connectivity index is 1.89. The number of aromatic carboxylic acids is 1. The predicted octanol–water partition coefficient (Wildman–Crippen LogP) is 1.32. The zero-order valence-electron chi connectivity index (χ0n) is 15.5. The molecule has 4 N–H and O–H groups in total. The number of carbonyl (C=O) groups is 3. The van der Waals surface area contributed by atoms with Crippen molar-refractivity contribution in [2.45, 2.75) is 38.8 Å². The molecule has 2 amide bonds. The molecule has 1 aromatic carbocycles. The predicted molar refractivity (Wildman–Crippen MR) is 98.1 cm³/mol. The lowest BCUT2D eigenvalue weighted by Crippen LogP contribution is -2.48. The minimum absolute atomic E-state index is 0.0554. The van der Waals surface area contributed by atoms with E-state index in [1.165, 1.54) is 12.1 Å². The second kappa shape index (κ2) is 7.29. The quantitative estimate of drug-likeness (QED) is 0.573. The van der Waals surface area contributed by atoms with E-state index in [1.807, 2.05) is 33.8 Å². The van der Waals surface area contributed by atoms with Crippen LogP contribution in [0.1, 0.15) is 48.4 Å².